The lowest BCUT2D eigenvalue weighted by Crippen LogP contribution is -2.93. The molecular weight excluding hydrogens is 382 g/mol. The van der Waals surface area contributed by atoms with Crippen LogP contribution in [0.2, 0.25) is 0 Å². The van der Waals surface area contributed by atoms with Gasteiger partial charge in [0.2, 0.25) is 24.4 Å². The molecule has 0 aromatic heterocycles. The smallest absolute Gasteiger partial charge is 0.243 e. The minimum absolute atomic E-state index is 0.168. The average molecular weight is 400 g/mol. The van der Waals surface area contributed by atoms with Crippen LogP contribution in [0.5, 0.6) is 11.5 Å². The largest absolute Gasteiger partial charge is 0.454 e. The number of fused-ring (bicyclic) bond motifs is 2. The van der Waals surface area contributed by atoms with Crippen LogP contribution in [0.1, 0.15) is 11.1 Å². The maximum atomic E-state index is 11.9. The summed E-state index contributed by atoms with van der Waals surface area (Å²) in [7, 11) is -3.38. The van der Waals surface area contributed by atoms with Crippen molar-refractivity contribution in [1.82, 2.24) is 0 Å². The number of hydrogen-bond acceptors (Lipinski definition) is 6. The molecule has 2 aliphatic rings. The molecule has 9 nitrogen and oxygen atoms in total. The summed E-state index contributed by atoms with van der Waals surface area (Å²) in [6.45, 7) is 0.197. The summed E-state index contributed by atoms with van der Waals surface area (Å²) < 4.78 is 34.5. The second-order valence-electron chi connectivity index (χ2n) is 6.45. The number of amidine groups is 2. The summed E-state index contributed by atoms with van der Waals surface area (Å²) in [5.74, 6) is 2.16. The highest BCUT2D eigenvalue weighted by molar-refractivity contribution is 7.90. The summed E-state index contributed by atoms with van der Waals surface area (Å²) in [5, 5.41) is 9.23. The third-order valence-electron chi connectivity index (χ3n) is 4.30. The Morgan fingerprint density at radius 3 is 2.79 bits per heavy atom. The zero-order valence-corrected chi connectivity index (χ0v) is 15.8. The number of nitrogens with zero attached hydrogens (tertiary/aromatic N) is 2. The molecule has 0 radical (unpaired) electrons. The van der Waals surface area contributed by atoms with Crippen molar-refractivity contribution in [3.8, 4) is 11.5 Å². The fourth-order valence-electron chi connectivity index (χ4n) is 3.05. The van der Waals surface area contributed by atoms with Crippen LogP contribution in [0.4, 0.5) is 5.69 Å². The van der Waals surface area contributed by atoms with Gasteiger partial charge in [-0.3, -0.25) is 10.7 Å². The Kier molecular flexibility index (Phi) is 4.36. The first-order chi connectivity index (χ1) is 13.3. The van der Waals surface area contributed by atoms with Crippen LogP contribution in [0.3, 0.4) is 0 Å². The van der Waals surface area contributed by atoms with Gasteiger partial charge in [0.1, 0.15) is 0 Å². The predicted octanol–water partition coefficient (Wildman–Crippen LogP) is 0.309. The lowest BCUT2D eigenvalue weighted by Gasteiger charge is -2.15. The van der Waals surface area contributed by atoms with Gasteiger partial charge in [0.05, 0.1) is 22.6 Å². The summed E-state index contributed by atoms with van der Waals surface area (Å²) in [6, 6.07) is 10.3. The fraction of sp³-hybridized carbons (Fsp3) is 0.167. The number of nitrogens with two attached hydrogens (primary N) is 2. The Morgan fingerprint density at radius 1 is 1.25 bits per heavy atom. The van der Waals surface area contributed by atoms with Crippen LogP contribution in [-0.2, 0) is 16.3 Å². The van der Waals surface area contributed by atoms with E-state index in [2.05, 4.69) is 9.98 Å². The molecule has 0 saturated heterocycles. The minimum Gasteiger partial charge on any atom is -0.454 e. The van der Waals surface area contributed by atoms with Crippen LogP contribution >= 0.6 is 0 Å². The third kappa shape index (κ3) is 3.59. The number of ether oxygens (including phenoxy) is 2. The van der Waals surface area contributed by atoms with Gasteiger partial charge in [-0.25, -0.2) is 8.42 Å². The Morgan fingerprint density at radius 2 is 2.04 bits per heavy atom. The monoisotopic (exact) mass is 400 g/mol. The van der Waals surface area contributed by atoms with Crippen molar-refractivity contribution < 1.29 is 23.2 Å². The van der Waals surface area contributed by atoms with Crippen molar-refractivity contribution in [3.63, 3.8) is 0 Å². The number of quaternary nitrogens is 1. The van der Waals surface area contributed by atoms with Gasteiger partial charge in [-0.1, -0.05) is 6.07 Å². The van der Waals surface area contributed by atoms with Crippen molar-refractivity contribution in [2.75, 3.05) is 13.0 Å². The second kappa shape index (κ2) is 6.73. The molecule has 0 fully saturated rings. The highest BCUT2D eigenvalue weighted by Crippen LogP contribution is 2.33. The van der Waals surface area contributed by atoms with E-state index in [4.69, 9.17) is 20.6 Å². The quantitative estimate of drug-likeness (QED) is 0.502. The number of rotatable bonds is 3. The van der Waals surface area contributed by atoms with E-state index in [1.54, 1.807) is 11.4 Å². The fourth-order valence-corrected chi connectivity index (χ4v) is 3.69. The standard InChI is InChI=1S/C18H17N5O4S/c1-28(24,25)11-3-4-12-13(8-11)21-16(22-17(12)23-18(19)20)7-10-2-5-14-15(6-10)27-9-26-14/h2-6,8H,7,9H2,1H3,(H4,19,20,21,22,23)/p+1. The zero-order chi connectivity index (χ0) is 19.9. The van der Waals surface area contributed by atoms with Crippen molar-refractivity contribution >= 4 is 33.2 Å². The van der Waals surface area contributed by atoms with Crippen LogP contribution in [-0.4, -0.2) is 39.1 Å². The van der Waals surface area contributed by atoms with Crippen molar-refractivity contribution in [1.29, 1.82) is 5.41 Å². The van der Waals surface area contributed by atoms with Gasteiger partial charge in [-0.2, -0.15) is 9.98 Å². The first-order valence-corrected chi connectivity index (χ1v) is 10.3. The number of guanidine groups is 1. The number of sulfone groups is 1. The lowest BCUT2D eigenvalue weighted by atomic mass is 10.1. The summed E-state index contributed by atoms with van der Waals surface area (Å²) in [4.78, 5) is 8.83. The minimum atomic E-state index is -3.38. The van der Waals surface area contributed by atoms with Gasteiger partial charge in [-0.15, -0.1) is 0 Å². The Balaban J connectivity index is 1.74. The number of benzene rings is 2. The van der Waals surface area contributed by atoms with Crippen LogP contribution in [0, 0.1) is 5.41 Å². The molecule has 0 saturated carbocycles. The molecular formula is C18H18N5O4S+. The van der Waals surface area contributed by atoms with E-state index in [1.807, 2.05) is 18.2 Å². The molecule has 0 atom stereocenters. The first kappa shape index (κ1) is 18.1. The number of aliphatic imine (C=N–C) groups is 2. The molecule has 0 amide bonds. The van der Waals surface area contributed by atoms with E-state index >= 15 is 0 Å². The molecule has 0 bridgehead atoms. The Bertz CT molecular complexity index is 1150. The maximum absolute atomic E-state index is 11.9. The Labute approximate surface area is 161 Å². The van der Waals surface area contributed by atoms with Gasteiger partial charge in [0.25, 0.3) is 0 Å². The third-order valence-corrected chi connectivity index (χ3v) is 5.41. The molecule has 4 rings (SSSR count). The normalized spacial score (nSPS) is 16.6. The summed E-state index contributed by atoms with van der Waals surface area (Å²) in [6.07, 6.45) is 1.61. The topological polar surface area (TPSA) is 144 Å². The number of nitrogens with one attached hydrogen (secondary N) is 1. The van der Waals surface area contributed by atoms with Crippen LogP contribution < -0.4 is 20.5 Å². The average Bonchev–Trinajstić information content (AvgIpc) is 3.07. The molecule has 0 unspecified atom stereocenters. The van der Waals surface area contributed by atoms with Crippen molar-refractivity contribution in [2.24, 2.45) is 15.7 Å². The van der Waals surface area contributed by atoms with E-state index in [0.717, 1.165) is 11.8 Å². The van der Waals surface area contributed by atoms with E-state index in [1.165, 1.54) is 12.1 Å². The molecule has 2 aliphatic heterocycles. The van der Waals surface area contributed by atoms with Gasteiger partial charge in [0, 0.05) is 6.26 Å². The Hall–Kier alpha value is -3.24. The predicted molar refractivity (Wildman–Crippen MR) is 103 cm³/mol. The van der Waals surface area contributed by atoms with Crippen molar-refractivity contribution in [2.45, 2.75) is 11.3 Å². The SMILES string of the molecule is CS(=O)(=O)c1ccc2c(c1)N=C(Cc1ccc3c(c1)OCO3)[NH2+]/C2=N\C(=N)N. The molecule has 0 aliphatic carbocycles. The number of hydrogen-bond donors (Lipinski definition) is 3. The second-order valence-corrected chi connectivity index (χ2v) is 8.46. The lowest BCUT2D eigenvalue weighted by molar-refractivity contribution is -0.410. The highest BCUT2D eigenvalue weighted by atomic mass is 32.2. The molecule has 144 valence electrons. The summed E-state index contributed by atoms with van der Waals surface area (Å²) in [5.41, 5.74) is 7.49. The molecule has 2 aromatic carbocycles. The summed E-state index contributed by atoms with van der Waals surface area (Å²) >= 11 is 0. The van der Waals surface area contributed by atoms with Gasteiger partial charge in [0.15, 0.2) is 21.3 Å². The molecule has 28 heavy (non-hydrogen) atoms. The molecule has 5 N–H and O–H groups in total. The molecule has 10 heteroatoms. The zero-order valence-electron chi connectivity index (χ0n) is 15.0. The molecule has 2 aromatic rings. The van der Waals surface area contributed by atoms with E-state index < -0.39 is 9.84 Å². The van der Waals surface area contributed by atoms with Gasteiger partial charge < -0.3 is 15.2 Å². The molecule has 0 spiro atoms. The van der Waals surface area contributed by atoms with E-state index in [0.29, 0.717) is 40.8 Å². The van der Waals surface area contributed by atoms with Gasteiger partial charge >= 0.3 is 0 Å². The van der Waals surface area contributed by atoms with Crippen LogP contribution in [0.15, 0.2) is 51.3 Å². The van der Waals surface area contributed by atoms with Gasteiger partial charge in [-0.05, 0) is 35.9 Å². The maximum Gasteiger partial charge on any atom is 0.243 e. The van der Waals surface area contributed by atoms with Crippen molar-refractivity contribution in [3.05, 3.63) is 47.5 Å². The van der Waals surface area contributed by atoms with Crippen LogP contribution in [0.25, 0.3) is 0 Å². The molecule has 2 heterocycles. The highest BCUT2D eigenvalue weighted by Gasteiger charge is 2.25. The first-order valence-electron chi connectivity index (χ1n) is 8.37. The van der Waals surface area contributed by atoms with E-state index in [-0.39, 0.29) is 17.6 Å². The van der Waals surface area contributed by atoms with E-state index in [9.17, 15) is 8.42 Å².